The second-order valence-corrected chi connectivity index (χ2v) is 5.88. The van der Waals surface area contributed by atoms with Crippen LogP contribution in [0.5, 0.6) is 0 Å². The fourth-order valence-electron chi connectivity index (χ4n) is 2.54. The number of rotatable bonds is 8. The lowest BCUT2D eigenvalue weighted by Gasteiger charge is -2.20. The molecule has 0 radical (unpaired) electrons. The van der Waals surface area contributed by atoms with Crippen LogP contribution in [0, 0.1) is 11.3 Å². The van der Waals surface area contributed by atoms with E-state index in [2.05, 4.69) is 5.10 Å². The molecule has 3 rings (SSSR count). The summed E-state index contributed by atoms with van der Waals surface area (Å²) < 4.78 is 12.0. The van der Waals surface area contributed by atoms with Gasteiger partial charge in [0.05, 0.1) is 36.5 Å². The number of amides is 1. The molecule has 0 saturated heterocycles. The highest BCUT2D eigenvalue weighted by molar-refractivity contribution is 5.91. The normalized spacial score (nSPS) is 10.2. The number of aromatic nitrogens is 2. The topological polar surface area (TPSA) is 101 Å². The number of ether oxygens (including phenoxy) is 1. The SMILES string of the molecule is N#CCCN(Cc1ccco1)C(=O)COC(=O)c1ccc(-n2cccn2)cc1. The van der Waals surface area contributed by atoms with Crippen molar-refractivity contribution in [2.75, 3.05) is 13.2 Å². The predicted molar refractivity (Wildman–Crippen MR) is 98.2 cm³/mol. The average molecular weight is 378 g/mol. The average Bonchev–Trinajstić information content (AvgIpc) is 3.43. The maximum Gasteiger partial charge on any atom is 0.338 e. The van der Waals surface area contributed by atoms with Crippen LogP contribution in [0.25, 0.3) is 5.69 Å². The third kappa shape index (κ3) is 4.86. The molecule has 0 unspecified atom stereocenters. The highest BCUT2D eigenvalue weighted by Crippen LogP contribution is 2.11. The van der Waals surface area contributed by atoms with Crippen molar-refractivity contribution in [3.63, 3.8) is 0 Å². The number of carbonyl (C=O) groups is 2. The molecule has 0 aliphatic carbocycles. The molecule has 0 fully saturated rings. The Bertz CT molecular complexity index is 941. The minimum Gasteiger partial charge on any atom is -0.467 e. The van der Waals surface area contributed by atoms with Crippen LogP contribution < -0.4 is 0 Å². The van der Waals surface area contributed by atoms with Crippen molar-refractivity contribution in [2.45, 2.75) is 13.0 Å². The van der Waals surface area contributed by atoms with E-state index < -0.39 is 18.5 Å². The van der Waals surface area contributed by atoms with Gasteiger partial charge in [0.1, 0.15) is 5.76 Å². The summed E-state index contributed by atoms with van der Waals surface area (Å²) in [4.78, 5) is 26.0. The molecule has 3 aromatic rings. The van der Waals surface area contributed by atoms with Gasteiger partial charge in [-0.05, 0) is 42.5 Å². The van der Waals surface area contributed by atoms with Gasteiger partial charge in [-0.3, -0.25) is 4.79 Å². The monoisotopic (exact) mass is 378 g/mol. The molecule has 1 amide bonds. The van der Waals surface area contributed by atoms with Crippen molar-refractivity contribution < 1.29 is 18.7 Å². The van der Waals surface area contributed by atoms with Gasteiger partial charge in [-0.2, -0.15) is 10.4 Å². The lowest BCUT2D eigenvalue weighted by Crippen LogP contribution is -2.34. The predicted octanol–water partition coefficient (Wildman–Crippen LogP) is 2.56. The fourth-order valence-corrected chi connectivity index (χ4v) is 2.54. The maximum absolute atomic E-state index is 12.4. The molecule has 0 aliphatic rings. The largest absolute Gasteiger partial charge is 0.467 e. The molecule has 0 aliphatic heterocycles. The summed E-state index contributed by atoms with van der Waals surface area (Å²) in [5.74, 6) is -0.404. The second kappa shape index (κ2) is 9.19. The van der Waals surface area contributed by atoms with E-state index in [1.165, 1.54) is 11.2 Å². The molecule has 0 atom stereocenters. The Labute approximate surface area is 161 Å². The van der Waals surface area contributed by atoms with Crippen LogP contribution in [0.1, 0.15) is 22.5 Å². The minimum atomic E-state index is -0.599. The van der Waals surface area contributed by atoms with Crippen LogP contribution in [0.2, 0.25) is 0 Å². The first-order valence-corrected chi connectivity index (χ1v) is 8.61. The first kappa shape index (κ1) is 18.9. The zero-order valence-electron chi connectivity index (χ0n) is 15.0. The van der Waals surface area contributed by atoms with Gasteiger partial charge in [0.15, 0.2) is 6.61 Å². The molecule has 142 valence electrons. The molecule has 8 nitrogen and oxygen atoms in total. The quantitative estimate of drug-likeness (QED) is 0.558. The highest BCUT2D eigenvalue weighted by atomic mass is 16.5. The van der Waals surface area contributed by atoms with Gasteiger partial charge in [-0.15, -0.1) is 0 Å². The van der Waals surface area contributed by atoms with Gasteiger partial charge in [-0.25, -0.2) is 9.48 Å². The van der Waals surface area contributed by atoms with Crippen LogP contribution in [0.3, 0.4) is 0 Å². The zero-order valence-corrected chi connectivity index (χ0v) is 15.0. The fraction of sp³-hybridized carbons (Fsp3) is 0.200. The third-order valence-corrected chi connectivity index (χ3v) is 3.97. The van der Waals surface area contributed by atoms with E-state index in [0.29, 0.717) is 11.3 Å². The number of esters is 1. The summed E-state index contributed by atoms with van der Waals surface area (Å²) in [5.41, 5.74) is 1.14. The van der Waals surface area contributed by atoms with E-state index in [1.54, 1.807) is 59.5 Å². The lowest BCUT2D eigenvalue weighted by atomic mass is 10.2. The van der Waals surface area contributed by atoms with Crippen molar-refractivity contribution >= 4 is 11.9 Å². The summed E-state index contributed by atoms with van der Waals surface area (Å²) in [7, 11) is 0. The van der Waals surface area contributed by atoms with E-state index in [1.807, 2.05) is 6.07 Å². The Kier molecular flexibility index (Phi) is 6.21. The van der Waals surface area contributed by atoms with Gasteiger partial charge in [0.25, 0.3) is 5.91 Å². The van der Waals surface area contributed by atoms with E-state index in [0.717, 1.165) is 5.69 Å². The minimum absolute atomic E-state index is 0.176. The van der Waals surface area contributed by atoms with Gasteiger partial charge >= 0.3 is 5.97 Å². The van der Waals surface area contributed by atoms with Crippen LogP contribution in [0.15, 0.2) is 65.5 Å². The van der Waals surface area contributed by atoms with Crippen LogP contribution >= 0.6 is 0 Å². The van der Waals surface area contributed by atoms with E-state index in [-0.39, 0.29) is 19.5 Å². The van der Waals surface area contributed by atoms with Crippen LogP contribution in [-0.2, 0) is 16.1 Å². The van der Waals surface area contributed by atoms with Crippen molar-refractivity contribution in [3.8, 4) is 11.8 Å². The Morgan fingerprint density at radius 2 is 2.04 bits per heavy atom. The first-order chi connectivity index (χ1) is 13.7. The highest BCUT2D eigenvalue weighted by Gasteiger charge is 2.18. The number of carbonyl (C=O) groups excluding carboxylic acids is 2. The Balaban J connectivity index is 1.57. The molecule has 8 heteroatoms. The number of hydrogen-bond acceptors (Lipinski definition) is 6. The summed E-state index contributed by atoms with van der Waals surface area (Å²) in [5, 5.41) is 12.9. The summed E-state index contributed by atoms with van der Waals surface area (Å²) >= 11 is 0. The Morgan fingerprint density at radius 1 is 1.21 bits per heavy atom. The van der Waals surface area contributed by atoms with E-state index in [4.69, 9.17) is 14.4 Å². The molecule has 0 spiro atoms. The summed E-state index contributed by atoms with van der Waals surface area (Å²) in [6.45, 7) is 0.0294. The van der Waals surface area contributed by atoms with Crippen molar-refractivity contribution in [2.24, 2.45) is 0 Å². The summed E-state index contributed by atoms with van der Waals surface area (Å²) in [6, 6.07) is 14.0. The Hall–Kier alpha value is -3.86. The molecule has 2 heterocycles. The maximum atomic E-state index is 12.4. The number of nitrogens with zero attached hydrogens (tertiary/aromatic N) is 4. The Morgan fingerprint density at radius 3 is 2.68 bits per heavy atom. The third-order valence-electron chi connectivity index (χ3n) is 3.97. The standard InChI is InChI=1S/C20H18N4O4/c21-9-2-11-23(14-18-4-1-13-27-18)19(25)15-28-20(26)16-5-7-17(8-6-16)24-12-3-10-22-24/h1,3-8,10,12-13H,2,11,14-15H2. The zero-order chi connectivity index (χ0) is 19.8. The smallest absolute Gasteiger partial charge is 0.338 e. The lowest BCUT2D eigenvalue weighted by molar-refractivity contribution is -0.135. The van der Waals surface area contributed by atoms with Crippen LogP contribution in [0.4, 0.5) is 0 Å². The van der Waals surface area contributed by atoms with Crippen molar-refractivity contribution in [1.29, 1.82) is 5.26 Å². The number of benzene rings is 1. The van der Waals surface area contributed by atoms with Crippen LogP contribution in [-0.4, -0.2) is 39.7 Å². The summed E-state index contributed by atoms with van der Waals surface area (Å²) in [6.07, 6.45) is 5.14. The van der Waals surface area contributed by atoms with Gasteiger partial charge in [0, 0.05) is 18.9 Å². The molecular formula is C20H18N4O4. The van der Waals surface area contributed by atoms with Gasteiger partial charge in [-0.1, -0.05) is 0 Å². The van der Waals surface area contributed by atoms with Crippen molar-refractivity contribution in [3.05, 3.63) is 72.4 Å². The van der Waals surface area contributed by atoms with E-state index in [9.17, 15) is 9.59 Å². The van der Waals surface area contributed by atoms with Gasteiger partial charge < -0.3 is 14.1 Å². The number of furan rings is 1. The second-order valence-electron chi connectivity index (χ2n) is 5.88. The number of hydrogen-bond donors (Lipinski definition) is 0. The molecular weight excluding hydrogens is 360 g/mol. The molecule has 0 saturated carbocycles. The number of nitriles is 1. The molecule has 0 bridgehead atoms. The van der Waals surface area contributed by atoms with Crippen molar-refractivity contribution in [1.82, 2.24) is 14.7 Å². The van der Waals surface area contributed by atoms with Gasteiger partial charge in [0.2, 0.25) is 0 Å². The molecule has 2 aromatic heterocycles. The molecule has 0 N–H and O–H groups in total. The van der Waals surface area contributed by atoms with E-state index >= 15 is 0 Å². The molecule has 28 heavy (non-hydrogen) atoms. The first-order valence-electron chi connectivity index (χ1n) is 8.61. The molecule has 1 aromatic carbocycles.